The van der Waals surface area contributed by atoms with Gasteiger partial charge in [0.15, 0.2) is 0 Å². The predicted octanol–water partition coefficient (Wildman–Crippen LogP) is 10.1. The molecule has 224 valence electrons. The van der Waals surface area contributed by atoms with E-state index < -0.39 is 0 Å². The summed E-state index contributed by atoms with van der Waals surface area (Å²) in [5.74, 6) is 5.37. The summed E-state index contributed by atoms with van der Waals surface area (Å²) < 4.78 is 24.7. The van der Waals surface area contributed by atoms with E-state index in [0.717, 1.165) is 59.8 Å². The molecule has 4 nitrogen and oxygen atoms in total. The van der Waals surface area contributed by atoms with Gasteiger partial charge in [0.05, 0.1) is 26.4 Å². The van der Waals surface area contributed by atoms with Crippen molar-refractivity contribution in [3.63, 3.8) is 0 Å². The van der Waals surface area contributed by atoms with E-state index in [2.05, 4.69) is 55.4 Å². The molecule has 0 aliphatic carbocycles. The van der Waals surface area contributed by atoms with Gasteiger partial charge in [-0.25, -0.2) is 0 Å². The van der Waals surface area contributed by atoms with Crippen LogP contribution < -0.4 is 18.9 Å². The first-order valence-electron chi connectivity index (χ1n) is 14.9. The smallest absolute Gasteiger partial charge is 0.127 e. The quantitative estimate of drug-likeness (QED) is 0.134. The Morgan fingerprint density at radius 2 is 0.800 bits per heavy atom. The molecule has 0 amide bonds. The molecule has 0 spiro atoms. The minimum Gasteiger partial charge on any atom is -0.494 e. The van der Waals surface area contributed by atoms with Gasteiger partial charge in [0.1, 0.15) is 23.0 Å². The van der Waals surface area contributed by atoms with Gasteiger partial charge in [0.2, 0.25) is 0 Å². The Balaban J connectivity index is 2.49. The van der Waals surface area contributed by atoms with E-state index in [1.54, 1.807) is 0 Å². The Labute approximate surface area is 255 Å². The van der Waals surface area contributed by atoms with Gasteiger partial charge in [-0.3, -0.25) is 0 Å². The van der Waals surface area contributed by atoms with Crippen LogP contribution in [0.1, 0.15) is 92.2 Å². The molecular weight excluding hydrogens is 537 g/mol. The summed E-state index contributed by atoms with van der Waals surface area (Å²) in [6, 6.07) is 11.9. The minimum absolute atomic E-state index is 0.553. The molecule has 0 bridgehead atoms. The van der Waals surface area contributed by atoms with Gasteiger partial charge in [-0.15, -0.1) is 25.3 Å². The average molecular weight is 589 g/mol. The first kappa shape index (κ1) is 34.3. The Bertz CT molecular complexity index is 976. The first-order valence-corrected chi connectivity index (χ1v) is 15.8. The van der Waals surface area contributed by atoms with Crippen LogP contribution in [0.5, 0.6) is 23.0 Å². The molecule has 0 N–H and O–H groups in total. The third-order valence-corrected chi connectivity index (χ3v) is 7.58. The van der Waals surface area contributed by atoms with Crippen molar-refractivity contribution in [3.05, 3.63) is 47.5 Å². The highest BCUT2D eigenvalue weighted by molar-refractivity contribution is 7.96. The monoisotopic (exact) mass is 588 g/mol. The van der Waals surface area contributed by atoms with Gasteiger partial charge < -0.3 is 18.9 Å². The molecule has 0 saturated carbocycles. The molecule has 0 fully saturated rings. The highest BCUT2D eigenvalue weighted by Crippen LogP contribution is 2.42. The van der Waals surface area contributed by atoms with Crippen LogP contribution in [0, 0.1) is 23.7 Å². The highest BCUT2D eigenvalue weighted by Gasteiger charge is 2.17. The fraction of sp³-hybridized carbons (Fsp3) is 0.588. The summed E-state index contributed by atoms with van der Waals surface area (Å²) in [6.07, 6.45) is 3.91. The zero-order chi connectivity index (χ0) is 29.7. The van der Waals surface area contributed by atoms with E-state index in [1.807, 2.05) is 36.4 Å². The molecular formula is C34H52O4S2. The summed E-state index contributed by atoms with van der Waals surface area (Å²) in [5.41, 5.74) is 1.69. The van der Waals surface area contributed by atoms with Crippen molar-refractivity contribution >= 4 is 35.1 Å². The molecule has 0 atom stereocenters. The highest BCUT2D eigenvalue weighted by atomic mass is 32.1. The lowest BCUT2D eigenvalue weighted by molar-refractivity contribution is 0.281. The maximum atomic E-state index is 6.25. The number of ether oxygens (including phenoxy) is 4. The molecule has 2 aromatic rings. The number of rotatable bonds is 18. The summed E-state index contributed by atoms with van der Waals surface area (Å²) in [5, 5.41) is 0. The molecule has 40 heavy (non-hydrogen) atoms. The first-order chi connectivity index (χ1) is 19.0. The molecule has 0 unspecified atom stereocenters. The summed E-state index contributed by atoms with van der Waals surface area (Å²) in [4.78, 5) is 1.40. The van der Waals surface area contributed by atoms with Crippen molar-refractivity contribution in [3.8, 4) is 23.0 Å². The van der Waals surface area contributed by atoms with Crippen molar-refractivity contribution in [2.24, 2.45) is 23.7 Å². The van der Waals surface area contributed by atoms with Gasteiger partial charge in [-0.2, -0.15) is 0 Å². The van der Waals surface area contributed by atoms with E-state index in [4.69, 9.17) is 44.2 Å². The lowest BCUT2D eigenvalue weighted by atomic mass is 10.1. The molecule has 0 aromatic heterocycles. The number of hydrogen-bond donors (Lipinski definition) is 2. The molecule has 0 heterocycles. The van der Waals surface area contributed by atoms with Crippen LogP contribution in [-0.4, -0.2) is 26.4 Å². The molecule has 0 aliphatic heterocycles. The normalized spacial score (nSPS) is 12.3. The predicted molar refractivity (Wildman–Crippen MR) is 177 cm³/mol. The molecule has 0 radical (unpaired) electrons. The third-order valence-electron chi connectivity index (χ3n) is 6.47. The number of hydrogen-bond acceptors (Lipinski definition) is 6. The molecule has 0 aliphatic rings. The zero-order valence-corrected chi connectivity index (χ0v) is 27.7. The van der Waals surface area contributed by atoms with Gasteiger partial charge in [-0.1, -0.05) is 55.4 Å². The number of thiol groups is 2. The van der Waals surface area contributed by atoms with Crippen molar-refractivity contribution in [1.82, 2.24) is 0 Å². The van der Waals surface area contributed by atoms with E-state index >= 15 is 0 Å². The second-order valence-corrected chi connectivity index (χ2v) is 13.0. The molecule has 0 saturated heterocycles. The third kappa shape index (κ3) is 12.3. The van der Waals surface area contributed by atoms with Gasteiger partial charge in [-0.05, 0) is 85.8 Å². The van der Waals surface area contributed by atoms with Gasteiger partial charge >= 0.3 is 0 Å². The second kappa shape index (κ2) is 17.8. The summed E-state index contributed by atoms with van der Waals surface area (Å²) in [6.45, 7) is 20.2. The van der Waals surface area contributed by atoms with Crippen LogP contribution >= 0.6 is 25.3 Å². The largest absolute Gasteiger partial charge is 0.494 e. The Hall–Kier alpha value is -1.92. The maximum absolute atomic E-state index is 6.25. The van der Waals surface area contributed by atoms with Crippen LogP contribution in [0.4, 0.5) is 0 Å². The second-order valence-electron chi connectivity index (χ2n) is 12.1. The Morgan fingerprint density at radius 3 is 1.10 bits per heavy atom. The van der Waals surface area contributed by atoms with Crippen LogP contribution in [-0.2, 0) is 0 Å². The minimum atomic E-state index is 0.553. The maximum Gasteiger partial charge on any atom is 0.127 e. The fourth-order valence-corrected chi connectivity index (χ4v) is 4.30. The van der Waals surface area contributed by atoms with E-state index in [0.29, 0.717) is 59.9 Å². The van der Waals surface area contributed by atoms with Crippen molar-refractivity contribution in [1.29, 1.82) is 0 Å². The standard InChI is InChI=1S/C34H52O4S2/c1-23(2)13-17-35-27-9-11-31(37-19-15-25(5)6)29(21-27)33(39)34(40)30-22-28(36-18-14-24(3)4)10-12-32(30)38-20-16-26(7)8/h9-12,21-26,39-40H,13-20H2,1-8H3. The van der Waals surface area contributed by atoms with Crippen LogP contribution in [0.3, 0.4) is 0 Å². The lowest BCUT2D eigenvalue weighted by Gasteiger charge is -2.19. The van der Waals surface area contributed by atoms with E-state index in [9.17, 15) is 0 Å². The topological polar surface area (TPSA) is 36.9 Å². The van der Waals surface area contributed by atoms with Crippen LogP contribution in [0.2, 0.25) is 0 Å². The fourth-order valence-electron chi connectivity index (χ4n) is 3.71. The van der Waals surface area contributed by atoms with Crippen LogP contribution in [0.25, 0.3) is 9.81 Å². The van der Waals surface area contributed by atoms with E-state index in [1.165, 1.54) is 0 Å². The van der Waals surface area contributed by atoms with Crippen molar-refractivity contribution in [2.75, 3.05) is 26.4 Å². The van der Waals surface area contributed by atoms with Crippen molar-refractivity contribution in [2.45, 2.75) is 81.1 Å². The zero-order valence-electron chi connectivity index (χ0n) is 26.0. The van der Waals surface area contributed by atoms with E-state index in [-0.39, 0.29) is 0 Å². The lowest BCUT2D eigenvalue weighted by Crippen LogP contribution is -2.05. The Morgan fingerprint density at radius 1 is 0.500 bits per heavy atom. The summed E-state index contributed by atoms with van der Waals surface area (Å²) in [7, 11) is 0. The van der Waals surface area contributed by atoms with Gasteiger partial charge in [0.25, 0.3) is 0 Å². The Kier molecular flexibility index (Phi) is 15.3. The molecule has 6 heteroatoms. The van der Waals surface area contributed by atoms with Crippen molar-refractivity contribution < 1.29 is 18.9 Å². The average Bonchev–Trinajstić information content (AvgIpc) is 2.88. The number of benzene rings is 2. The van der Waals surface area contributed by atoms with Crippen LogP contribution in [0.15, 0.2) is 36.4 Å². The molecule has 2 rings (SSSR count). The SMILES string of the molecule is CC(C)CCOc1ccc(OCCC(C)C)c(C(S)=C(S)c2cc(OCCC(C)C)ccc2OCCC(C)C)c1. The summed E-state index contributed by atoms with van der Waals surface area (Å²) >= 11 is 10.0. The molecule has 2 aromatic carbocycles. The van der Waals surface area contributed by atoms with Gasteiger partial charge in [0, 0.05) is 20.9 Å².